The number of thiophene rings is 1. The lowest BCUT2D eigenvalue weighted by Gasteiger charge is -2.03. The molecule has 0 radical (unpaired) electrons. The summed E-state index contributed by atoms with van der Waals surface area (Å²) < 4.78 is 0. The second-order valence-electron chi connectivity index (χ2n) is 4.40. The summed E-state index contributed by atoms with van der Waals surface area (Å²) in [4.78, 5) is 13.1. The fraction of sp³-hybridized carbons (Fsp3) is 0.312. The van der Waals surface area contributed by atoms with E-state index in [4.69, 9.17) is 0 Å². The summed E-state index contributed by atoms with van der Waals surface area (Å²) in [5.74, 6) is 0.242. The number of benzene rings is 1. The zero-order valence-electron chi connectivity index (χ0n) is 10.9. The number of carbonyl (C=O) groups is 1. The fourth-order valence-electron chi connectivity index (χ4n) is 2.02. The molecule has 1 nitrogen and oxygen atoms in total. The van der Waals surface area contributed by atoms with Gasteiger partial charge in [0.1, 0.15) is 0 Å². The first kappa shape index (κ1) is 13.0. The SMILES string of the molecule is CCc1ccc(CC(=O)c2sccc2CC)cc1. The Morgan fingerprint density at radius 1 is 1.00 bits per heavy atom. The van der Waals surface area contributed by atoms with Crippen LogP contribution < -0.4 is 0 Å². The van der Waals surface area contributed by atoms with Crippen molar-refractivity contribution in [3.8, 4) is 0 Å². The summed E-state index contributed by atoms with van der Waals surface area (Å²) in [6, 6.07) is 10.4. The van der Waals surface area contributed by atoms with Crippen molar-refractivity contribution in [2.75, 3.05) is 0 Å². The molecule has 0 saturated carbocycles. The van der Waals surface area contributed by atoms with Crippen LogP contribution in [0.2, 0.25) is 0 Å². The molecule has 0 aliphatic rings. The molecule has 0 aliphatic carbocycles. The molecule has 0 aliphatic heterocycles. The molecule has 0 unspecified atom stereocenters. The molecule has 0 N–H and O–H groups in total. The molecule has 94 valence electrons. The fourth-order valence-corrected chi connectivity index (χ4v) is 2.95. The van der Waals surface area contributed by atoms with Crippen molar-refractivity contribution in [3.63, 3.8) is 0 Å². The largest absolute Gasteiger partial charge is 0.293 e. The van der Waals surface area contributed by atoms with E-state index < -0.39 is 0 Å². The van der Waals surface area contributed by atoms with Crippen molar-refractivity contribution in [2.24, 2.45) is 0 Å². The Morgan fingerprint density at radius 3 is 2.28 bits per heavy atom. The van der Waals surface area contributed by atoms with E-state index in [1.807, 2.05) is 5.38 Å². The summed E-state index contributed by atoms with van der Waals surface area (Å²) in [6.45, 7) is 4.23. The highest BCUT2D eigenvalue weighted by atomic mass is 32.1. The second-order valence-corrected chi connectivity index (χ2v) is 5.31. The molecule has 1 aromatic carbocycles. The third-order valence-electron chi connectivity index (χ3n) is 3.18. The minimum Gasteiger partial charge on any atom is -0.293 e. The summed E-state index contributed by atoms with van der Waals surface area (Å²) in [5.41, 5.74) is 3.60. The van der Waals surface area contributed by atoms with Gasteiger partial charge in [-0.25, -0.2) is 0 Å². The Labute approximate surface area is 112 Å². The van der Waals surface area contributed by atoms with Crippen LogP contribution in [0.15, 0.2) is 35.7 Å². The Kier molecular flexibility index (Phi) is 4.32. The van der Waals surface area contributed by atoms with E-state index in [2.05, 4.69) is 44.2 Å². The molecule has 2 rings (SSSR count). The van der Waals surface area contributed by atoms with Gasteiger partial charge in [0.25, 0.3) is 0 Å². The first-order chi connectivity index (χ1) is 8.74. The van der Waals surface area contributed by atoms with Crippen LogP contribution in [-0.2, 0) is 19.3 Å². The molecule has 1 heterocycles. The predicted molar refractivity (Wildman–Crippen MR) is 77.6 cm³/mol. The standard InChI is InChI=1S/C16H18OS/c1-3-12-5-7-13(8-6-12)11-15(17)16-14(4-2)9-10-18-16/h5-10H,3-4,11H2,1-2H3. The third-order valence-corrected chi connectivity index (χ3v) is 4.17. The predicted octanol–water partition coefficient (Wildman–Crippen LogP) is 4.30. The second kappa shape index (κ2) is 5.96. The number of hydrogen-bond donors (Lipinski definition) is 0. The minimum absolute atomic E-state index is 0.242. The highest BCUT2D eigenvalue weighted by molar-refractivity contribution is 7.12. The van der Waals surface area contributed by atoms with Crippen molar-refractivity contribution < 1.29 is 4.79 Å². The van der Waals surface area contributed by atoms with Gasteiger partial charge < -0.3 is 0 Å². The average Bonchev–Trinajstić information content (AvgIpc) is 2.88. The van der Waals surface area contributed by atoms with Crippen LogP contribution in [0.4, 0.5) is 0 Å². The summed E-state index contributed by atoms with van der Waals surface area (Å²) in [6.07, 6.45) is 2.48. The van der Waals surface area contributed by atoms with Crippen molar-refractivity contribution >= 4 is 17.1 Å². The molecule has 0 fully saturated rings. The van der Waals surface area contributed by atoms with Gasteiger partial charge in [0.2, 0.25) is 0 Å². The van der Waals surface area contributed by atoms with Gasteiger partial charge in [0.15, 0.2) is 5.78 Å². The van der Waals surface area contributed by atoms with Crippen molar-refractivity contribution in [3.05, 3.63) is 57.3 Å². The lowest BCUT2D eigenvalue weighted by atomic mass is 10.0. The van der Waals surface area contributed by atoms with Gasteiger partial charge in [-0.15, -0.1) is 11.3 Å². The van der Waals surface area contributed by atoms with Gasteiger partial charge in [-0.05, 0) is 41.0 Å². The highest BCUT2D eigenvalue weighted by Gasteiger charge is 2.12. The lowest BCUT2D eigenvalue weighted by Crippen LogP contribution is -2.03. The van der Waals surface area contributed by atoms with Crippen LogP contribution >= 0.6 is 11.3 Å². The number of hydrogen-bond acceptors (Lipinski definition) is 2. The van der Waals surface area contributed by atoms with Gasteiger partial charge in [-0.1, -0.05) is 38.1 Å². The Bertz CT molecular complexity index is 522. The van der Waals surface area contributed by atoms with Gasteiger partial charge in [-0.2, -0.15) is 0 Å². The highest BCUT2D eigenvalue weighted by Crippen LogP contribution is 2.20. The molecule has 2 heteroatoms. The van der Waals surface area contributed by atoms with E-state index in [0.29, 0.717) is 6.42 Å². The number of ketones is 1. The van der Waals surface area contributed by atoms with Crippen LogP contribution in [0, 0.1) is 0 Å². The molecular formula is C16H18OS. The first-order valence-electron chi connectivity index (χ1n) is 6.42. The molecule has 1 aromatic heterocycles. The van der Waals surface area contributed by atoms with Crippen LogP contribution in [0.25, 0.3) is 0 Å². The minimum atomic E-state index is 0.242. The average molecular weight is 258 g/mol. The summed E-state index contributed by atoms with van der Waals surface area (Å²) in [5, 5.41) is 2.01. The molecule has 0 spiro atoms. The quantitative estimate of drug-likeness (QED) is 0.731. The maximum absolute atomic E-state index is 12.2. The number of aryl methyl sites for hydroxylation is 2. The molecule has 0 amide bonds. The molecule has 18 heavy (non-hydrogen) atoms. The molecule has 0 saturated heterocycles. The van der Waals surface area contributed by atoms with E-state index in [1.165, 1.54) is 11.1 Å². The van der Waals surface area contributed by atoms with Crippen molar-refractivity contribution in [1.29, 1.82) is 0 Å². The van der Waals surface area contributed by atoms with E-state index in [9.17, 15) is 4.79 Å². The van der Waals surface area contributed by atoms with Gasteiger partial charge in [0.05, 0.1) is 4.88 Å². The Hall–Kier alpha value is -1.41. The van der Waals surface area contributed by atoms with Crippen LogP contribution in [0.1, 0.15) is 40.2 Å². The Morgan fingerprint density at radius 2 is 1.67 bits per heavy atom. The summed E-state index contributed by atoms with van der Waals surface area (Å²) >= 11 is 1.56. The van der Waals surface area contributed by atoms with Gasteiger partial charge in [0, 0.05) is 6.42 Å². The normalized spacial score (nSPS) is 10.6. The third kappa shape index (κ3) is 2.88. The van der Waals surface area contributed by atoms with Crippen molar-refractivity contribution in [1.82, 2.24) is 0 Å². The number of rotatable bonds is 5. The molecular weight excluding hydrogens is 240 g/mol. The molecule has 0 bridgehead atoms. The first-order valence-corrected chi connectivity index (χ1v) is 7.30. The zero-order chi connectivity index (χ0) is 13.0. The smallest absolute Gasteiger partial charge is 0.177 e. The van der Waals surface area contributed by atoms with E-state index in [1.54, 1.807) is 11.3 Å². The van der Waals surface area contributed by atoms with Crippen molar-refractivity contribution in [2.45, 2.75) is 33.1 Å². The van der Waals surface area contributed by atoms with Crippen LogP contribution in [0.3, 0.4) is 0 Å². The lowest BCUT2D eigenvalue weighted by molar-refractivity contribution is 0.0996. The summed E-state index contributed by atoms with van der Waals surface area (Å²) in [7, 11) is 0. The van der Waals surface area contributed by atoms with E-state index in [-0.39, 0.29) is 5.78 Å². The van der Waals surface area contributed by atoms with Gasteiger partial charge >= 0.3 is 0 Å². The molecule has 2 aromatic rings. The number of Topliss-reactive ketones (excluding diaryl/α,β-unsaturated/α-hetero) is 1. The monoisotopic (exact) mass is 258 g/mol. The van der Waals surface area contributed by atoms with Crippen LogP contribution in [-0.4, -0.2) is 5.78 Å². The molecule has 0 atom stereocenters. The number of carbonyl (C=O) groups excluding carboxylic acids is 1. The topological polar surface area (TPSA) is 17.1 Å². The van der Waals surface area contributed by atoms with E-state index in [0.717, 1.165) is 23.3 Å². The van der Waals surface area contributed by atoms with Crippen LogP contribution in [0.5, 0.6) is 0 Å². The zero-order valence-corrected chi connectivity index (χ0v) is 11.7. The van der Waals surface area contributed by atoms with Gasteiger partial charge in [-0.3, -0.25) is 4.79 Å². The maximum Gasteiger partial charge on any atom is 0.177 e. The van der Waals surface area contributed by atoms with E-state index >= 15 is 0 Å². The Balaban J connectivity index is 2.11. The maximum atomic E-state index is 12.2.